The van der Waals surface area contributed by atoms with E-state index in [1.54, 1.807) is 43.5 Å². The summed E-state index contributed by atoms with van der Waals surface area (Å²) in [5.41, 5.74) is 4.48. The molecule has 1 saturated heterocycles. The fourth-order valence-electron chi connectivity index (χ4n) is 4.97. The van der Waals surface area contributed by atoms with Gasteiger partial charge in [0.1, 0.15) is 34.9 Å². The Balaban J connectivity index is 1.44. The number of rotatable bonds is 10. The topological polar surface area (TPSA) is 118 Å². The largest absolute Gasteiger partial charge is 0.496 e. The third-order valence-corrected chi connectivity index (χ3v) is 7.25. The molecule has 0 saturated carbocycles. The number of benzene rings is 2. The summed E-state index contributed by atoms with van der Waals surface area (Å²) in [7, 11) is 3.30. The Morgan fingerprint density at radius 1 is 1.10 bits per heavy atom. The molecule has 3 heterocycles. The van der Waals surface area contributed by atoms with Crippen molar-refractivity contribution in [3.8, 4) is 40.0 Å². The second-order valence-electron chi connectivity index (χ2n) is 10.0. The summed E-state index contributed by atoms with van der Waals surface area (Å²) in [5, 5.41) is 18.9. The van der Waals surface area contributed by atoms with Crippen LogP contribution in [0.25, 0.3) is 33.6 Å². The first-order chi connectivity index (χ1) is 20.0. The number of carbonyl (C=O) groups excluding carboxylic acids is 1. The summed E-state index contributed by atoms with van der Waals surface area (Å²) in [5.74, 6) is 1.49. The zero-order valence-electron chi connectivity index (χ0n) is 23.3. The third-order valence-electron chi connectivity index (χ3n) is 7.25. The molecule has 0 unspecified atom stereocenters. The van der Waals surface area contributed by atoms with Crippen LogP contribution in [0.15, 0.2) is 59.1 Å². The molecule has 0 spiro atoms. The smallest absolute Gasteiger partial charge is 0.253 e. The molecule has 1 N–H and O–H groups in total. The van der Waals surface area contributed by atoms with Crippen LogP contribution in [-0.4, -0.2) is 67.5 Å². The average Bonchev–Trinajstić information content (AvgIpc) is 3.45. The molecule has 41 heavy (non-hydrogen) atoms. The van der Waals surface area contributed by atoms with E-state index in [9.17, 15) is 10.1 Å². The normalized spacial score (nSPS) is 13.6. The summed E-state index contributed by atoms with van der Waals surface area (Å²) in [4.78, 5) is 19.1. The maximum Gasteiger partial charge on any atom is 0.253 e. The number of unbranched alkanes of at least 4 members (excludes halogenated alkanes) is 1. The number of amides is 1. The highest BCUT2D eigenvalue weighted by atomic mass is 16.5. The number of hydrogen-bond donors (Lipinski definition) is 1. The van der Waals surface area contributed by atoms with Crippen LogP contribution < -0.4 is 9.47 Å². The highest BCUT2D eigenvalue weighted by Gasteiger charge is 2.20. The molecule has 2 aromatic carbocycles. The van der Waals surface area contributed by atoms with E-state index in [0.717, 1.165) is 30.4 Å². The molecular formula is C32H33N3O6. The van der Waals surface area contributed by atoms with Crippen LogP contribution in [0.1, 0.15) is 41.6 Å². The second kappa shape index (κ2) is 12.9. The van der Waals surface area contributed by atoms with Crippen LogP contribution in [0.5, 0.6) is 11.5 Å². The second-order valence-corrected chi connectivity index (χ2v) is 10.0. The lowest BCUT2D eigenvalue weighted by Gasteiger charge is -2.23. The molecule has 2 aromatic heterocycles. The van der Waals surface area contributed by atoms with Crippen LogP contribution in [0.3, 0.4) is 0 Å². The molecule has 4 aromatic rings. The van der Waals surface area contributed by atoms with Gasteiger partial charge in [0.15, 0.2) is 5.58 Å². The lowest BCUT2D eigenvalue weighted by Crippen LogP contribution is -2.27. The van der Waals surface area contributed by atoms with E-state index in [0.29, 0.717) is 71.2 Å². The molecule has 0 atom stereocenters. The molecule has 1 fully saturated rings. The molecule has 1 amide bonds. The molecule has 0 bridgehead atoms. The van der Waals surface area contributed by atoms with Gasteiger partial charge in [0, 0.05) is 56.4 Å². The predicted octanol–water partition coefficient (Wildman–Crippen LogP) is 5.44. The predicted molar refractivity (Wildman–Crippen MR) is 154 cm³/mol. The summed E-state index contributed by atoms with van der Waals surface area (Å²) in [6.45, 7) is 1.98. The number of fused-ring (bicyclic) bond motifs is 1. The minimum Gasteiger partial charge on any atom is -0.496 e. The van der Waals surface area contributed by atoms with Gasteiger partial charge >= 0.3 is 0 Å². The first-order valence-corrected chi connectivity index (χ1v) is 13.7. The van der Waals surface area contributed by atoms with Gasteiger partial charge in [0.05, 0.1) is 31.5 Å². The van der Waals surface area contributed by atoms with E-state index in [1.165, 1.54) is 0 Å². The summed E-state index contributed by atoms with van der Waals surface area (Å²) < 4.78 is 23.5. The fourth-order valence-corrected chi connectivity index (χ4v) is 4.97. The Labute approximate surface area is 238 Å². The van der Waals surface area contributed by atoms with Crippen molar-refractivity contribution in [2.24, 2.45) is 0 Å². The Hall–Kier alpha value is -4.39. The number of nitrogens with zero attached hydrogens (tertiary/aromatic N) is 3. The van der Waals surface area contributed by atoms with E-state index >= 15 is 0 Å². The number of hydrogen-bond acceptors (Lipinski definition) is 8. The number of ether oxygens (including phenoxy) is 3. The minimum atomic E-state index is -0.126. The molecule has 1 aliphatic heterocycles. The number of furan rings is 1. The highest BCUT2D eigenvalue weighted by Crippen LogP contribution is 2.38. The zero-order chi connectivity index (χ0) is 28.8. The molecule has 9 nitrogen and oxygen atoms in total. The Bertz CT molecular complexity index is 1570. The molecule has 212 valence electrons. The van der Waals surface area contributed by atoms with Gasteiger partial charge in [-0.1, -0.05) is 6.07 Å². The third kappa shape index (κ3) is 6.19. The fraction of sp³-hybridized carbons (Fsp3) is 0.344. The SMILES string of the molecule is COc1cc(C(=O)N(C)CCCCO)ccc1-c1cc2nccc(-c3ccc(OC4CCOCC4)c(C#N)c3)c2o1. The number of pyridine rings is 1. The van der Waals surface area contributed by atoms with Gasteiger partial charge in [-0.05, 0) is 54.8 Å². The Kier molecular flexibility index (Phi) is 8.82. The molecule has 9 heteroatoms. The summed E-state index contributed by atoms with van der Waals surface area (Å²) in [6.07, 6.45) is 4.71. The Morgan fingerprint density at radius 3 is 2.68 bits per heavy atom. The van der Waals surface area contributed by atoms with Gasteiger partial charge in [-0.2, -0.15) is 5.26 Å². The van der Waals surface area contributed by atoms with Gasteiger partial charge < -0.3 is 28.6 Å². The maximum atomic E-state index is 12.9. The van der Waals surface area contributed by atoms with Crippen molar-refractivity contribution in [1.29, 1.82) is 5.26 Å². The number of methoxy groups -OCH3 is 1. The van der Waals surface area contributed by atoms with Gasteiger partial charge in [-0.3, -0.25) is 9.78 Å². The number of nitriles is 1. The quantitative estimate of drug-likeness (QED) is 0.257. The van der Waals surface area contributed by atoms with E-state index in [4.69, 9.17) is 23.7 Å². The van der Waals surface area contributed by atoms with Crippen LogP contribution in [-0.2, 0) is 4.74 Å². The van der Waals surface area contributed by atoms with Crippen LogP contribution in [0.2, 0.25) is 0 Å². The van der Waals surface area contributed by atoms with E-state index in [-0.39, 0.29) is 18.6 Å². The van der Waals surface area contributed by atoms with Crippen LogP contribution in [0.4, 0.5) is 0 Å². The monoisotopic (exact) mass is 555 g/mol. The van der Waals surface area contributed by atoms with E-state index in [1.807, 2.05) is 30.3 Å². The molecular weight excluding hydrogens is 522 g/mol. The lowest BCUT2D eigenvalue weighted by atomic mass is 10.0. The van der Waals surface area contributed by atoms with Crippen molar-refractivity contribution < 1.29 is 28.5 Å². The molecule has 1 aliphatic rings. The lowest BCUT2D eigenvalue weighted by molar-refractivity contribution is 0.0254. The van der Waals surface area contributed by atoms with Crippen molar-refractivity contribution in [2.75, 3.05) is 40.5 Å². The number of aromatic nitrogens is 1. The van der Waals surface area contributed by atoms with Crippen molar-refractivity contribution in [2.45, 2.75) is 31.8 Å². The number of carbonyl (C=O) groups is 1. The molecule has 0 radical (unpaired) electrons. The Morgan fingerprint density at radius 2 is 1.93 bits per heavy atom. The van der Waals surface area contributed by atoms with Crippen molar-refractivity contribution in [3.05, 3.63) is 65.9 Å². The van der Waals surface area contributed by atoms with Gasteiger partial charge in [0.2, 0.25) is 0 Å². The van der Waals surface area contributed by atoms with Crippen molar-refractivity contribution in [3.63, 3.8) is 0 Å². The average molecular weight is 556 g/mol. The minimum absolute atomic E-state index is 0.0327. The first-order valence-electron chi connectivity index (χ1n) is 13.7. The van der Waals surface area contributed by atoms with Gasteiger partial charge in [-0.25, -0.2) is 0 Å². The summed E-state index contributed by atoms with van der Waals surface area (Å²) in [6, 6.07) is 16.8. The summed E-state index contributed by atoms with van der Waals surface area (Å²) >= 11 is 0. The van der Waals surface area contributed by atoms with E-state index in [2.05, 4.69) is 11.1 Å². The maximum absolute atomic E-state index is 12.9. The highest BCUT2D eigenvalue weighted by molar-refractivity contribution is 5.96. The standard InChI is InChI=1S/C32H33N3O6/c1-35(13-3-4-14-36)32(37)22-5-7-26(29(18-22)38-2)30-19-27-31(41-30)25(9-12-34-27)21-6-8-28(23(17-21)20-33)40-24-10-15-39-16-11-24/h5-9,12,17-19,24,36H,3-4,10-11,13-16H2,1-2H3. The zero-order valence-corrected chi connectivity index (χ0v) is 23.3. The van der Waals surface area contributed by atoms with Gasteiger partial charge in [0.25, 0.3) is 5.91 Å². The number of aliphatic hydroxyl groups is 1. The van der Waals surface area contributed by atoms with Gasteiger partial charge in [-0.15, -0.1) is 0 Å². The van der Waals surface area contributed by atoms with E-state index < -0.39 is 0 Å². The first kappa shape index (κ1) is 28.1. The molecule has 5 rings (SSSR count). The molecule has 0 aliphatic carbocycles. The van der Waals surface area contributed by atoms with Crippen LogP contribution >= 0.6 is 0 Å². The van der Waals surface area contributed by atoms with Crippen LogP contribution in [0, 0.1) is 11.3 Å². The van der Waals surface area contributed by atoms with Crippen molar-refractivity contribution >= 4 is 17.0 Å². The number of aliphatic hydroxyl groups excluding tert-OH is 1. The van der Waals surface area contributed by atoms with Crippen molar-refractivity contribution in [1.82, 2.24) is 9.88 Å².